The van der Waals surface area contributed by atoms with Crippen LogP contribution in [0.3, 0.4) is 0 Å². The van der Waals surface area contributed by atoms with E-state index in [0.717, 1.165) is 19.4 Å². The molecule has 0 aromatic carbocycles. The Kier molecular flexibility index (Phi) is 5.68. The summed E-state index contributed by atoms with van der Waals surface area (Å²) in [5.74, 6) is 1.25. The highest BCUT2D eigenvalue weighted by Gasteiger charge is 2.45. The Morgan fingerprint density at radius 1 is 1.24 bits per heavy atom. The van der Waals surface area contributed by atoms with Gasteiger partial charge in [0, 0.05) is 18.6 Å². The van der Waals surface area contributed by atoms with Crippen molar-refractivity contribution in [2.45, 2.75) is 83.8 Å². The zero-order valence-electron chi connectivity index (χ0n) is 14.4. The lowest BCUT2D eigenvalue weighted by Gasteiger charge is -2.34. The van der Waals surface area contributed by atoms with E-state index in [1.807, 2.05) is 0 Å². The third-order valence-electron chi connectivity index (χ3n) is 5.15. The summed E-state index contributed by atoms with van der Waals surface area (Å²) >= 11 is 0. The molecule has 0 radical (unpaired) electrons. The zero-order valence-corrected chi connectivity index (χ0v) is 14.4. The molecule has 2 saturated carbocycles. The monoisotopic (exact) mass is 291 g/mol. The molecule has 2 aliphatic carbocycles. The SMILES string of the molecule is CC(C)CN(CCC1CCCC1(C#N)NC1CC1)C(C)C. The second-order valence-electron chi connectivity index (χ2n) is 7.86. The van der Waals surface area contributed by atoms with Crippen LogP contribution in [0.5, 0.6) is 0 Å². The lowest BCUT2D eigenvalue weighted by atomic mass is 9.85. The maximum absolute atomic E-state index is 9.76. The number of hydrogen-bond acceptors (Lipinski definition) is 3. The van der Waals surface area contributed by atoms with E-state index in [-0.39, 0.29) is 5.54 Å². The molecule has 0 spiro atoms. The summed E-state index contributed by atoms with van der Waals surface area (Å²) in [6.45, 7) is 11.5. The summed E-state index contributed by atoms with van der Waals surface area (Å²) in [6.07, 6.45) is 7.18. The van der Waals surface area contributed by atoms with Gasteiger partial charge in [-0.05, 0) is 64.3 Å². The van der Waals surface area contributed by atoms with E-state index in [9.17, 15) is 5.26 Å². The third-order valence-corrected chi connectivity index (χ3v) is 5.15. The van der Waals surface area contributed by atoms with Crippen LogP contribution in [-0.2, 0) is 0 Å². The van der Waals surface area contributed by atoms with Crippen molar-refractivity contribution in [3.05, 3.63) is 0 Å². The van der Waals surface area contributed by atoms with Crippen LogP contribution in [0.15, 0.2) is 0 Å². The second kappa shape index (κ2) is 7.11. The quantitative estimate of drug-likeness (QED) is 0.743. The number of hydrogen-bond donors (Lipinski definition) is 1. The maximum atomic E-state index is 9.76. The topological polar surface area (TPSA) is 39.1 Å². The molecule has 0 aliphatic heterocycles. The first-order valence-electron chi connectivity index (χ1n) is 8.90. The molecule has 0 heterocycles. The predicted octanol–water partition coefficient (Wildman–Crippen LogP) is 3.56. The first kappa shape index (κ1) is 16.8. The molecule has 1 N–H and O–H groups in total. The molecule has 3 nitrogen and oxygen atoms in total. The van der Waals surface area contributed by atoms with Crippen molar-refractivity contribution in [2.75, 3.05) is 13.1 Å². The smallest absolute Gasteiger partial charge is 0.109 e. The van der Waals surface area contributed by atoms with Gasteiger partial charge in [-0.15, -0.1) is 0 Å². The van der Waals surface area contributed by atoms with Crippen molar-refractivity contribution in [3.8, 4) is 6.07 Å². The van der Waals surface area contributed by atoms with Crippen LogP contribution in [0.25, 0.3) is 0 Å². The predicted molar refractivity (Wildman–Crippen MR) is 88.0 cm³/mol. The highest BCUT2D eigenvalue weighted by atomic mass is 15.1. The van der Waals surface area contributed by atoms with Crippen LogP contribution in [0, 0.1) is 23.2 Å². The second-order valence-corrected chi connectivity index (χ2v) is 7.86. The summed E-state index contributed by atoms with van der Waals surface area (Å²) in [5, 5.41) is 13.4. The molecule has 0 amide bonds. The molecule has 3 heteroatoms. The standard InChI is InChI=1S/C18H33N3/c1-14(2)12-21(15(3)4)11-9-16-6-5-10-18(16,13-19)20-17-7-8-17/h14-17,20H,5-12H2,1-4H3. The van der Waals surface area contributed by atoms with Gasteiger partial charge in [-0.3, -0.25) is 5.32 Å². The van der Waals surface area contributed by atoms with Gasteiger partial charge in [0.05, 0.1) is 6.07 Å². The number of nitrogens with one attached hydrogen (secondary N) is 1. The van der Waals surface area contributed by atoms with Crippen LogP contribution in [0.2, 0.25) is 0 Å². The first-order valence-corrected chi connectivity index (χ1v) is 8.90. The average Bonchev–Trinajstić information content (AvgIpc) is 3.14. The van der Waals surface area contributed by atoms with Crippen molar-refractivity contribution in [1.29, 1.82) is 5.26 Å². The molecule has 2 atom stereocenters. The van der Waals surface area contributed by atoms with Crippen LogP contribution >= 0.6 is 0 Å². The molecule has 21 heavy (non-hydrogen) atoms. The van der Waals surface area contributed by atoms with Gasteiger partial charge in [-0.2, -0.15) is 5.26 Å². The summed E-state index contributed by atoms with van der Waals surface area (Å²) in [5.41, 5.74) is -0.221. The molecule has 2 fully saturated rings. The first-order chi connectivity index (χ1) is 9.97. The Hall–Kier alpha value is -0.590. The Morgan fingerprint density at radius 2 is 1.95 bits per heavy atom. The molecule has 0 bridgehead atoms. The summed E-state index contributed by atoms with van der Waals surface area (Å²) in [6, 6.07) is 3.89. The molecule has 0 aromatic rings. The largest absolute Gasteiger partial charge is 0.301 e. The summed E-state index contributed by atoms with van der Waals surface area (Å²) in [4.78, 5) is 2.59. The Morgan fingerprint density at radius 3 is 2.48 bits per heavy atom. The van der Waals surface area contributed by atoms with Gasteiger partial charge in [-0.25, -0.2) is 0 Å². The van der Waals surface area contributed by atoms with Gasteiger partial charge < -0.3 is 4.90 Å². The molecule has 0 aromatic heterocycles. The maximum Gasteiger partial charge on any atom is 0.109 e. The third kappa shape index (κ3) is 4.44. The number of rotatable bonds is 8. The van der Waals surface area contributed by atoms with Crippen LogP contribution in [0.4, 0.5) is 0 Å². The molecule has 2 rings (SSSR count). The Balaban J connectivity index is 1.91. The van der Waals surface area contributed by atoms with Crippen LogP contribution < -0.4 is 5.32 Å². The molecule has 2 aliphatic rings. The van der Waals surface area contributed by atoms with Crippen LogP contribution in [0.1, 0.15) is 66.2 Å². The van der Waals surface area contributed by atoms with E-state index >= 15 is 0 Å². The molecule has 120 valence electrons. The van der Waals surface area contributed by atoms with Gasteiger partial charge in [0.15, 0.2) is 0 Å². The summed E-state index contributed by atoms with van der Waals surface area (Å²) in [7, 11) is 0. The Bertz CT molecular complexity index is 367. The van der Waals surface area contributed by atoms with Gasteiger partial charge in [0.2, 0.25) is 0 Å². The van der Waals surface area contributed by atoms with Crippen molar-refractivity contribution >= 4 is 0 Å². The molecular weight excluding hydrogens is 258 g/mol. The normalized spacial score (nSPS) is 29.5. The van der Waals surface area contributed by atoms with E-state index in [0.29, 0.717) is 23.9 Å². The molecule has 2 unspecified atom stereocenters. The highest BCUT2D eigenvalue weighted by Crippen LogP contribution is 2.40. The van der Waals surface area contributed by atoms with Crippen molar-refractivity contribution in [3.63, 3.8) is 0 Å². The fraction of sp³-hybridized carbons (Fsp3) is 0.944. The van der Waals surface area contributed by atoms with Gasteiger partial charge >= 0.3 is 0 Å². The van der Waals surface area contributed by atoms with Gasteiger partial charge in [-0.1, -0.05) is 20.3 Å². The minimum atomic E-state index is -0.221. The van der Waals surface area contributed by atoms with E-state index in [1.54, 1.807) is 0 Å². The van der Waals surface area contributed by atoms with Gasteiger partial charge in [0.1, 0.15) is 5.54 Å². The minimum Gasteiger partial charge on any atom is -0.301 e. The van der Waals surface area contributed by atoms with E-state index in [1.165, 1.54) is 32.2 Å². The number of nitrogens with zero attached hydrogens (tertiary/aromatic N) is 2. The minimum absolute atomic E-state index is 0.221. The zero-order chi connectivity index (χ0) is 15.5. The lowest BCUT2D eigenvalue weighted by molar-refractivity contribution is 0.171. The van der Waals surface area contributed by atoms with E-state index in [4.69, 9.17) is 0 Å². The van der Waals surface area contributed by atoms with E-state index < -0.39 is 0 Å². The number of nitriles is 1. The van der Waals surface area contributed by atoms with Crippen molar-refractivity contribution in [1.82, 2.24) is 10.2 Å². The Labute approximate surface area is 131 Å². The average molecular weight is 291 g/mol. The fourth-order valence-corrected chi connectivity index (χ4v) is 3.78. The van der Waals surface area contributed by atoms with Crippen LogP contribution in [-0.4, -0.2) is 35.6 Å². The molecular formula is C18H33N3. The summed E-state index contributed by atoms with van der Waals surface area (Å²) < 4.78 is 0. The van der Waals surface area contributed by atoms with Crippen molar-refractivity contribution < 1.29 is 0 Å². The molecule has 0 saturated heterocycles. The lowest BCUT2D eigenvalue weighted by Crippen LogP contribution is -2.49. The van der Waals surface area contributed by atoms with E-state index in [2.05, 4.69) is 44.0 Å². The van der Waals surface area contributed by atoms with Crippen molar-refractivity contribution in [2.24, 2.45) is 11.8 Å². The highest BCUT2D eigenvalue weighted by molar-refractivity contribution is 5.16. The van der Waals surface area contributed by atoms with Gasteiger partial charge in [0.25, 0.3) is 0 Å². The fourth-order valence-electron chi connectivity index (χ4n) is 3.78.